The van der Waals surface area contributed by atoms with E-state index in [1.165, 1.54) is 6.07 Å². The average Bonchev–Trinajstić information content (AvgIpc) is 2.85. The monoisotopic (exact) mass is 315 g/mol. The topological polar surface area (TPSA) is 108 Å². The van der Waals surface area contributed by atoms with Crippen LogP contribution in [0.2, 0.25) is 0 Å². The number of ether oxygens (including phenoxy) is 1. The lowest BCUT2D eigenvalue weighted by Gasteiger charge is -2.05. The lowest BCUT2D eigenvalue weighted by molar-refractivity contribution is 0.233. The summed E-state index contributed by atoms with van der Waals surface area (Å²) in [5.41, 5.74) is 0. The van der Waals surface area contributed by atoms with Crippen molar-refractivity contribution in [3.63, 3.8) is 0 Å². The smallest absolute Gasteiger partial charge is 0.264 e. The molecule has 21 heavy (non-hydrogen) atoms. The minimum Gasteiger partial charge on any atom is -0.481 e. The van der Waals surface area contributed by atoms with Crippen molar-refractivity contribution in [2.24, 2.45) is 5.14 Å². The number of sulfonamides is 1. The predicted molar refractivity (Wildman–Crippen MR) is 70.5 cm³/mol. The third-order valence-electron chi connectivity index (χ3n) is 2.58. The average molecular weight is 315 g/mol. The van der Waals surface area contributed by atoms with Crippen LogP contribution < -0.4 is 9.88 Å². The van der Waals surface area contributed by atoms with Crippen LogP contribution in [0, 0.1) is 5.82 Å². The van der Waals surface area contributed by atoms with Gasteiger partial charge in [-0.1, -0.05) is 19.0 Å². The van der Waals surface area contributed by atoms with Gasteiger partial charge in [0.15, 0.2) is 24.0 Å². The zero-order valence-electron chi connectivity index (χ0n) is 11.4. The Kier molecular flexibility index (Phi) is 4.24. The number of hydrogen-bond acceptors (Lipinski definition) is 6. The first-order chi connectivity index (χ1) is 9.77. The summed E-state index contributed by atoms with van der Waals surface area (Å²) in [4.78, 5) is 3.74. The second-order valence-corrected chi connectivity index (χ2v) is 6.19. The minimum absolute atomic E-state index is 0.105. The van der Waals surface area contributed by atoms with Crippen LogP contribution in [0.4, 0.5) is 4.39 Å². The van der Waals surface area contributed by atoms with E-state index in [9.17, 15) is 12.8 Å². The molecular formula is C12H14FN3O4S. The molecular weight excluding hydrogens is 301 g/mol. The molecule has 9 heteroatoms. The van der Waals surface area contributed by atoms with Gasteiger partial charge in [0.1, 0.15) is 0 Å². The summed E-state index contributed by atoms with van der Waals surface area (Å²) in [6, 6.07) is 3.12. The number of hydrogen-bond donors (Lipinski definition) is 1. The van der Waals surface area contributed by atoms with Gasteiger partial charge in [-0.3, -0.25) is 0 Å². The van der Waals surface area contributed by atoms with Crippen LogP contribution in [0.25, 0.3) is 0 Å². The van der Waals surface area contributed by atoms with Crippen molar-refractivity contribution in [2.75, 3.05) is 0 Å². The Balaban J connectivity index is 2.09. The van der Waals surface area contributed by atoms with Crippen LogP contribution in [0.15, 0.2) is 27.6 Å². The Hall–Kier alpha value is -2.00. The predicted octanol–water partition coefficient (Wildman–Crippen LogP) is 1.56. The molecule has 1 heterocycles. The second-order valence-electron chi connectivity index (χ2n) is 4.63. The number of halogens is 1. The van der Waals surface area contributed by atoms with Gasteiger partial charge in [-0.25, -0.2) is 17.9 Å². The number of rotatable bonds is 5. The van der Waals surface area contributed by atoms with Crippen LogP contribution in [-0.2, 0) is 16.6 Å². The molecule has 0 bridgehead atoms. The highest BCUT2D eigenvalue weighted by Crippen LogP contribution is 2.21. The molecule has 0 aliphatic rings. The number of nitrogens with two attached hydrogens (primary N) is 1. The maximum absolute atomic E-state index is 13.7. The molecule has 1 aromatic heterocycles. The maximum Gasteiger partial charge on any atom is 0.264 e. The van der Waals surface area contributed by atoms with E-state index in [1.54, 1.807) is 0 Å². The molecule has 114 valence electrons. The molecule has 0 aliphatic heterocycles. The molecule has 0 radical (unpaired) electrons. The zero-order valence-corrected chi connectivity index (χ0v) is 12.2. The Bertz CT molecular complexity index is 743. The third kappa shape index (κ3) is 3.76. The van der Waals surface area contributed by atoms with Crippen molar-refractivity contribution >= 4 is 10.0 Å². The van der Waals surface area contributed by atoms with Crippen LogP contribution in [0.1, 0.15) is 31.5 Å². The quantitative estimate of drug-likeness (QED) is 0.897. The van der Waals surface area contributed by atoms with Gasteiger partial charge < -0.3 is 9.26 Å². The molecule has 0 fully saturated rings. The molecule has 0 spiro atoms. The molecule has 1 aromatic carbocycles. The minimum atomic E-state index is -3.95. The summed E-state index contributed by atoms with van der Waals surface area (Å²) >= 11 is 0. The van der Waals surface area contributed by atoms with E-state index in [2.05, 4.69) is 10.1 Å². The van der Waals surface area contributed by atoms with Gasteiger partial charge in [0.2, 0.25) is 10.0 Å². The largest absolute Gasteiger partial charge is 0.481 e. The lowest BCUT2D eigenvalue weighted by Crippen LogP contribution is -2.12. The fraction of sp³-hybridized carbons (Fsp3) is 0.333. The summed E-state index contributed by atoms with van der Waals surface area (Å²) < 4.78 is 46.0. The summed E-state index contributed by atoms with van der Waals surface area (Å²) in [7, 11) is -3.95. The number of benzene rings is 1. The molecule has 2 rings (SSSR count). The molecule has 0 atom stereocenters. The van der Waals surface area contributed by atoms with E-state index in [0.717, 1.165) is 12.1 Å². The van der Waals surface area contributed by atoms with Crippen LogP contribution in [0.5, 0.6) is 5.75 Å². The van der Waals surface area contributed by atoms with Crippen molar-refractivity contribution in [1.29, 1.82) is 0 Å². The van der Waals surface area contributed by atoms with Crippen LogP contribution >= 0.6 is 0 Å². The Morgan fingerprint density at radius 1 is 1.43 bits per heavy atom. The second kappa shape index (κ2) is 5.78. The lowest BCUT2D eigenvalue weighted by atomic mass is 10.2. The van der Waals surface area contributed by atoms with Crippen molar-refractivity contribution in [2.45, 2.75) is 31.3 Å². The highest BCUT2D eigenvalue weighted by Gasteiger charge is 2.14. The van der Waals surface area contributed by atoms with E-state index in [1.807, 2.05) is 13.8 Å². The van der Waals surface area contributed by atoms with E-state index in [0.29, 0.717) is 5.82 Å². The molecule has 0 saturated carbocycles. The molecule has 7 nitrogen and oxygen atoms in total. The first-order valence-electron chi connectivity index (χ1n) is 6.05. The summed E-state index contributed by atoms with van der Waals surface area (Å²) in [6.07, 6.45) is 0. The van der Waals surface area contributed by atoms with Gasteiger partial charge in [0.25, 0.3) is 5.89 Å². The van der Waals surface area contributed by atoms with Crippen molar-refractivity contribution in [3.8, 4) is 5.75 Å². The first kappa shape index (κ1) is 15.4. The van der Waals surface area contributed by atoms with Crippen molar-refractivity contribution in [1.82, 2.24) is 10.1 Å². The van der Waals surface area contributed by atoms with Crippen LogP contribution in [-0.4, -0.2) is 18.6 Å². The zero-order chi connectivity index (χ0) is 15.6. The molecule has 0 unspecified atom stereocenters. The fourth-order valence-electron chi connectivity index (χ4n) is 1.48. The van der Waals surface area contributed by atoms with Crippen molar-refractivity contribution < 1.29 is 22.1 Å². The molecule has 2 aromatic rings. The third-order valence-corrected chi connectivity index (χ3v) is 3.49. The Morgan fingerprint density at radius 3 is 2.67 bits per heavy atom. The first-order valence-corrected chi connectivity index (χ1v) is 7.59. The van der Waals surface area contributed by atoms with Gasteiger partial charge in [-0.05, 0) is 18.2 Å². The van der Waals surface area contributed by atoms with E-state index in [4.69, 9.17) is 14.4 Å². The SMILES string of the molecule is CC(C)c1noc(COc2ccc(S(N)(=O)=O)cc2F)n1. The standard InChI is InChI=1S/C12H14FN3O4S/c1-7(2)12-15-11(20-16-12)6-19-10-4-3-8(5-9(10)13)21(14,17)18/h3-5,7H,6H2,1-2H3,(H2,14,17,18). The number of aromatic nitrogens is 2. The molecule has 2 N–H and O–H groups in total. The summed E-state index contributed by atoms with van der Waals surface area (Å²) in [5, 5.41) is 8.64. The Labute approximate surface area is 121 Å². The molecule has 0 saturated heterocycles. The maximum atomic E-state index is 13.7. The fourth-order valence-corrected chi connectivity index (χ4v) is 2.00. The summed E-state index contributed by atoms with van der Waals surface area (Å²) in [5.74, 6) is -0.141. The molecule has 0 aliphatic carbocycles. The highest BCUT2D eigenvalue weighted by molar-refractivity contribution is 7.89. The molecule has 0 amide bonds. The number of primary sulfonamides is 1. The van der Waals surface area contributed by atoms with Gasteiger partial charge >= 0.3 is 0 Å². The van der Waals surface area contributed by atoms with Gasteiger partial charge in [-0.15, -0.1) is 0 Å². The number of nitrogens with zero attached hydrogens (tertiary/aromatic N) is 2. The van der Waals surface area contributed by atoms with Crippen molar-refractivity contribution in [3.05, 3.63) is 35.7 Å². The van der Waals surface area contributed by atoms with E-state index >= 15 is 0 Å². The Morgan fingerprint density at radius 2 is 2.14 bits per heavy atom. The van der Waals surface area contributed by atoms with E-state index < -0.39 is 15.8 Å². The van der Waals surface area contributed by atoms with Gasteiger partial charge in [-0.2, -0.15) is 4.98 Å². The summed E-state index contributed by atoms with van der Waals surface area (Å²) in [6.45, 7) is 3.69. The van der Waals surface area contributed by atoms with Gasteiger partial charge in [0.05, 0.1) is 4.90 Å². The normalized spacial score (nSPS) is 11.9. The van der Waals surface area contributed by atoms with Gasteiger partial charge in [0, 0.05) is 5.92 Å². The van der Waals surface area contributed by atoms with E-state index in [-0.39, 0.29) is 29.1 Å². The van der Waals surface area contributed by atoms with Crippen LogP contribution in [0.3, 0.4) is 0 Å². The highest BCUT2D eigenvalue weighted by atomic mass is 32.2.